The molecule has 2 aromatic rings. The van der Waals surface area contributed by atoms with Crippen molar-refractivity contribution in [3.8, 4) is 6.07 Å². The van der Waals surface area contributed by atoms with Crippen molar-refractivity contribution in [2.75, 3.05) is 18.5 Å². The molecule has 23 heavy (non-hydrogen) atoms. The number of hydrogen-bond acceptors (Lipinski definition) is 5. The zero-order valence-corrected chi connectivity index (χ0v) is 13.5. The summed E-state index contributed by atoms with van der Waals surface area (Å²) in [5.41, 5.74) is 2.55. The van der Waals surface area contributed by atoms with Crippen LogP contribution >= 0.6 is 0 Å². The van der Waals surface area contributed by atoms with Gasteiger partial charge in [-0.2, -0.15) is 5.26 Å². The third-order valence-electron chi connectivity index (χ3n) is 3.04. The number of nitrogens with one attached hydrogen (secondary N) is 1. The summed E-state index contributed by atoms with van der Waals surface area (Å²) in [6.07, 6.45) is 1.77. The van der Waals surface area contributed by atoms with Crippen LogP contribution in [0, 0.1) is 11.3 Å². The first kappa shape index (κ1) is 16.9. The van der Waals surface area contributed by atoms with Gasteiger partial charge in [-0.15, -0.1) is 0 Å². The van der Waals surface area contributed by atoms with E-state index in [1.807, 2.05) is 38.1 Å². The van der Waals surface area contributed by atoms with Crippen LogP contribution in [0.3, 0.4) is 0 Å². The van der Waals surface area contributed by atoms with E-state index in [2.05, 4.69) is 16.4 Å². The van der Waals surface area contributed by atoms with Gasteiger partial charge in [-0.1, -0.05) is 12.1 Å². The smallest absolute Gasteiger partial charge is 0.130 e. The molecule has 0 bridgehead atoms. The zero-order valence-electron chi connectivity index (χ0n) is 13.5. The molecule has 5 heteroatoms. The Hall–Kier alpha value is -2.42. The number of hydrogen-bond donors (Lipinski definition) is 1. The van der Waals surface area contributed by atoms with Gasteiger partial charge < -0.3 is 14.8 Å². The maximum absolute atomic E-state index is 8.77. The van der Waals surface area contributed by atoms with Gasteiger partial charge in [-0.3, -0.25) is 0 Å². The van der Waals surface area contributed by atoms with E-state index in [0.29, 0.717) is 31.2 Å². The molecular formula is C18H21N3O2. The van der Waals surface area contributed by atoms with Crippen LogP contribution in [-0.4, -0.2) is 24.3 Å². The van der Waals surface area contributed by atoms with Crippen molar-refractivity contribution in [3.05, 3.63) is 53.7 Å². The lowest BCUT2D eigenvalue weighted by Crippen LogP contribution is -2.09. The second-order valence-electron chi connectivity index (χ2n) is 5.34. The molecule has 0 aliphatic carbocycles. The zero-order chi connectivity index (χ0) is 16.5. The molecule has 2 rings (SSSR count). The Balaban J connectivity index is 1.85. The summed E-state index contributed by atoms with van der Waals surface area (Å²) < 4.78 is 11.0. The highest BCUT2D eigenvalue weighted by molar-refractivity contribution is 5.57. The van der Waals surface area contributed by atoms with E-state index in [1.165, 1.54) is 0 Å². The summed E-state index contributed by atoms with van der Waals surface area (Å²) in [5, 5.41) is 12.0. The first-order valence-corrected chi connectivity index (χ1v) is 7.59. The summed E-state index contributed by atoms with van der Waals surface area (Å²) in [7, 11) is 0. The lowest BCUT2D eigenvalue weighted by atomic mass is 10.2. The number of rotatable bonds is 8. The normalized spacial score (nSPS) is 10.5. The molecule has 1 aromatic heterocycles. The summed E-state index contributed by atoms with van der Waals surface area (Å²) >= 11 is 0. The molecule has 0 saturated heterocycles. The first-order valence-electron chi connectivity index (χ1n) is 7.59. The van der Waals surface area contributed by atoms with Gasteiger partial charge in [0.1, 0.15) is 11.9 Å². The number of nitriles is 1. The van der Waals surface area contributed by atoms with Crippen LogP contribution in [0.25, 0.3) is 0 Å². The SMILES string of the molecule is CC(C)OCCOCc1cccc(Nc2ccc(C#N)cn2)c1. The second-order valence-corrected chi connectivity index (χ2v) is 5.34. The van der Waals surface area contributed by atoms with Crippen molar-refractivity contribution in [1.82, 2.24) is 4.98 Å². The van der Waals surface area contributed by atoms with Gasteiger partial charge in [-0.25, -0.2) is 4.98 Å². The highest BCUT2D eigenvalue weighted by atomic mass is 16.5. The predicted octanol–water partition coefficient (Wildman–Crippen LogP) is 3.64. The highest BCUT2D eigenvalue weighted by Crippen LogP contribution is 2.16. The topological polar surface area (TPSA) is 67.2 Å². The van der Waals surface area contributed by atoms with E-state index in [4.69, 9.17) is 14.7 Å². The monoisotopic (exact) mass is 311 g/mol. The molecule has 120 valence electrons. The third-order valence-corrected chi connectivity index (χ3v) is 3.04. The number of aromatic nitrogens is 1. The van der Waals surface area contributed by atoms with E-state index in [0.717, 1.165) is 11.3 Å². The average molecular weight is 311 g/mol. The molecule has 0 fully saturated rings. The molecule has 0 atom stereocenters. The standard InChI is InChI=1S/C18H21N3O2/c1-14(2)23-9-8-22-13-15-4-3-5-17(10-15)21-18-7-6-16(11-19)12-20-18/h3-7,10,12,14H,8-9,13H2,1-2H3,(H,20,21). The predicted molar refractivity (Wildman–Crippen MR) is 89.4 cm³/mol. The lowest BCUT2D eigenvalue weighted by molar-refractivity contribution is 0.0143. The molecule has 0 saturated carbocycles. The van der Waals surface area contributed by atoms with Crippen LogP contribution in [0.2, 0.25) is 0 Å². The van der Waals surface area contributed by atoms with Crippen molar-refractivity contribution in [3.63, 3.8) is 0 Å². The van der Waals surface area contributed by atoms with Gasteiger partial charge in [0.05, 0.1) is 31.5 Å². The van der Waals surface area contributed by atoms with Crippen LogP contribution in [0.1, 0.15) is 25.0 Å². The Bertz CT molecular complexity index is 648. The summed E-state index contributed by atoms with van der Waals surface area (Å²) in [5.74, 6) is 0.701. The molecule has 0 aliphatic rings. The number of anilines is 2. The minimum absolute atomic E-state index is 0.228. The minimum atomic E-state index is 0.228. The number of ether oxygens (including phenoxy) is 2. The second kappa shape index (κ2) is 8.89. The summed E-state index contributed by atoms with van der Waals surface area (Å²) in [6.45, 7) is 5.73. The maximum Gasteiger partial charge on any atom is 0.130 e. The van der Waals surface area contributed by atoms with Crippen LogP contribution in [0.5, 0.6) is 0 Å². The minimum Gasteiger partial charge on any atom is -0.376 e. The third kappa shape index (κ3) is 6.07. The number of benzene rings is 1. The summed E-state index contributed by atoms with van der Waals surface area (Å²) in [4.78, 5) is 4.20. The molecule has 0 aliphatic heterocycles. The van der Waals surface area contributed by atoms with Gasteiger partial charge in [0, 0.05) is 11.9 Å². The van der Waals surface area contributed by atoms with Crippen molar-refractivity contribution in [2.24, 2.45) is 0 Å². The van der Waals surface area contributed by atoms with Gasteiger partial charge in [-0.05, 0) is 43.7 Å². The Morgan fingerprint density at radius 1 is 1.22 bits per heavy atom. The Morgan fingerprint density at radius 2 is 2.09 bits per heavy atom. The van der Waals surface area contributed by atoms with E-state index in [-0.39, 0.29) is 6.10 Å². The van der Waals surface area contributed by atoms with E-state index < -0.39 is 0 Å². The van der Waals surface area contributed by atoms with E-state index in [9.17, 15) is 0 Å². The highest BCUT2D eigenvalue weighted by Gasteiger charge is 2.00. The fraction of sp³-hybridized carbons (Fsp3) is 0.333. The molecular weight excluding hydrogens is 290 g/mol. The number of pyridine rings is 1. The molecule has 1 heterocycles. The van der Waals surface area contributed by atoms with Crippen LogP contribution in [0.4, 0.5) is 11.5 Å². The molecule has 0 amide bonds. The van der Waals surface area contributed by atoms with Crippen LogP contribution < -0.4 is 5.32 Å². The lowest BCUT2D eigenvalue weighted by Gasteiger charge is -2.10. The summed E-state index contributed by atoms with van der Waals surface area (Å²) in [6, 6.07) is 13.5. The van der Waals surface area contributed by atoms with Crippen molar-refractivity contribution in [2.45, 2.75) is 26.6 Å². The Labute approximate surface area is 136 Å². The van der Waals surface area contributed by atoms with Crippen molar-refractivity contribution < 1.29 is 9.47 Å². The van der Waals surface area contributed by atoms with Crippen molar-refractivity contribution in [1.29, 1.82) is 5.26 Å². The molecule has 0 spiro atoms. The van der Waals surface area contributed by atoms with Gasteiger partial charge in [0.25, 0.3) is 0 Å². The van der Waals surface area contributed by atoms with Crippen molar-refractivity contribution >= 4 is 11.5 Å². The van der Waals surface area contributed by atoms with E-state index in [1.54, 1.807) is 18.3 Å². The number of nitrogens with zero attached hydrogens (tertiary/aromatic N) is 2. The Kier molecular flexibility index (Phi) is 6.55. The largest absolute Gasteiger partial charge is 0.376 e. The van der Waals surface area contributed by atoms with E-state index >= 15 is 0 Å². The fourth-order valence-corrected chi connectivity index (χ4v) is 1.95. The van der Waals surface area contributed by atoms with Crippen LogP contribution in [-0.2, 0) is 16.1 Å². The van der Waals surface area contributed by atoms with Gasteiger partial charge in [0.15, 0.2) is 0 Å². The molecule has 0 unspecified atom stereocenters. The first-order chi connectivity index (χ1) is 11.2. The maximum atomic E-state index is 8.77. The van der Waals surface area contributed by atoms with Gasteiger partial charge >= 0.3 is 0 Å². The average Bonchev–Trinajstić information content (AvgIpc) is 2.55. The quantitative estimate of drug-likeness (QED) is 0.754. The molecule has 5 nitrogen and oxygen atoms in total. The molecule has 1 N–H and O–H groups in total. The van der Waals surface area contributed by atoms with Gasteiger partial charge in [0.2, 0.25) is 0 Å². The Morgan fingerprint density at radius 3 is 2.78 bits per heavy atom. The fourth-order valence-electron chi connectivity index (χ4n) is 1.95. The molecule has 1 aromatic carbocycles. The molecule has 0 radical (unpaired) electrons. The van der Waals surface area contributed by atoms with Crippen LogP contribution in [0.15, 0.2) is 42.6 Å².